The van der Waals surface area contributed by atoms with E-state index in [1.165, 1.54) is 0 Å². The van der Waals surface area contributed by atoms with Crippen LogP contribution in [0.2, 0.25) is 0 Å². The van der Waals surface area contributed by atoms with Crippen LogP contribution in [0.1, 0.15) is 38.5 Å². The number of urea groups is 1. The zero-order chi connectivity index (χ0) is 16.3. The molecule has 0 aromatic heterocycles. The number of hydrogen-bond acceptors (Lipinski definition) is 4. The van der Waals surface area contributed by atoms with Crippen LogP contribution in [-0.2, 0) is 14.8 Å². The van der Waals surface area contributed by atoms with E-state index in [2.05, 4.69) is 10.6 Å². The molecule has 2 aliphatic heterocycles. The molecule has 3 rings (SSSR count). The van der Waals surface area contributed by atoms with Gasteiger partial charge in [0, 0.05) is 32.8 Å². The molecule has 1 saturated carbocycles. The highest BCUT2D eigenvalue weighted by Crippen LogP contribution is 2.32. The van der Waals surface area contributed by atoms with Crippen LogP contribution in [0, 0.1) is 5.92 Å². The Hall–Kier alpha value is -0.860. The summed E-state index contributed by atoms with van der Waals surface area (Å²) < 4.78 is 31.4. The van der Waals surface area contributed by atoms with Crippen LogP contribution in [0.5, 0.6) is 0 Å². The van der Waals surface area contributed by atoms with Crippen LogP contribution in [-0.4, -0.2) is 62.9 Å². The Morgan fingerprint density at radius 3 is 2.35 bits per heavy atom. The highest BCUT2D eigenvalue weighted by atomic mass is 32.2. The molecule has 23 heavy (non-hydrogen) atoms. The number of nitrogens with zero attached hydrogens (tertiary/aromatic N) is 1. The summed E-state index contributed by atoms with van der Waals surface area (Å²) in [5.41, 5.74) is 0. The molecule has 2 heterocycles. The molecule has 2 amide bonds. The second-order valence-corrected chi connectivity index (χ2v) is 9.03. The van der Waals surface area contributed by atoms with E-state index in [0.29, 0.717) is 32.1 Å². The first kappa shape index (κ1) is 17.0. The molecule has 0 unspecified atom stereocenters. The molecule has 0 aromatic carbocycles. The van der Waals surface area contributed by atoms with E-state index in [9.17, 15) is 13.2 Å². The largest absolute Gasteiger partial charge is 0.376 e. The average molecular weight is 345 g/mol. The summed E-state index contributed by atoms with van der Waals surface area (Å²) in [6.07, 6.45) is 5.49. The SMILES string of the molecule is O=C(NCC1CCN(S(=O)(=O)C2CC2)CC1)NC[C@H]1CCCO1. The molecule has 2 saturated heterocycles. The number of carbonyl (C=O) groups is 1. The lowest BCUT2D eigenvalue weighted by atomic mass is 9.98. The Labute approximate surface area is 138 Å². The van der Waals surface area contributed by atoms with Crippen molar-refractivity contribution < 1.29 is 17.9 Å². The Balaban J connectivity index is 1.31. The maximum atomic E-state index is 12.2. The van der Waals surface area contributed by atoms with E-state index < -0.39 is 10.0 Å². The average Bonchev–Trinajstić information content (AvgIpc) is 3.29. The highest BCUT2D eigenvalue weighted by molar-refractivity contribution is 7.90. The molecular weight excluding hydrogens is 318 g/mol. The molecular formula is C15H27N3O4S. The van der Waals surface area contributed by atoms with E-state index in [1.54, 1.807) is 4.31 Å². The molecule has 0 aromatic rings. The number of sulfonamides is 1. The number of nitrogens with one attached hydrogen (secondary N) is 2. The molecule has 2 N–H and O–H groups in total. The van der Waals surface area contributed by atoms with Crippen molar-refractivity contribution in [3.63, 3.8) is 0 Å². The smallest absolute Gasteiger partial charge is 0.314 e. The van der Waals surface area contributed by atoms with Crippen molar-refractivity contribution in [3.05, 3.63) is 0 Å². The van der Waals surface area contributed by atoms with Gasteiger partial charge in [0.15, 0.2) is 0 Å². The minimum Gasteiger partial charge on any atom is -0.376 e. The minimum absolute atomic E-state index is 0.124. The van der Waals surface area contributed by atoms with Crippen LogP contribution >= 0.6 is 0 Å². The van der Waals surface area contributed by atoms with Crippen molar-refractivity contribution in [1.82, 2.24) is 14.9 Å². The first-order chi connectivity index (χ1) is 11.1. The van der Waals surface area contributed by atoms with Crippen molar-refractivity contribution in [3.8, 4) is 0 Å². The monoisotopic (exact) mass is 345 g/mol. The number of hydrogen-bond donors (Lipinski definition) is 2. The molecule has 1 atom stereocenters. The van der Waals surface area contributed by atoms with Crippen LogP contribution < -0.4 is 10.6 Å². The van der Waals surface area contributed by atoms with Gasteiger partial charge in [-0.3, -0.25) is 0 Å². The van der Waals surface area contributed by atoms with E-state index in [0.717, 1.165) is 45.1 Å². The molecule has 1 aliphatic carbocycles. The normalized spacial score (nSPS) is 27.0. The fourth-order valence-electron chi connectivity index (χ4n) is 3.26. The van der Waals surface area contributed by atoms with Crippen molar-refractivity contribution in [2.75, 3.05) is 32.8 Å². The Morgan fingerprint density at radius 2 is 1.74 bits per heavy atom. The predicted molar refractivity (Wildman–Crippen MR) is 86.6 cm³/mol. The Morgan fingerprint density at radius 1 is 1.04 bits per heavy atom. The topological polar surface area (TPSA) is 87.7 Å². The van der Waals surface area contributed by atoms with Gasteiger partial charge in [-0.15, -0.1) is 0 Å². The van der Waals surface area contributed by atoms with Gasteiger partial charge in [0.2, 0.25) is 10.0 Å². The van der Waals surface area contributed by atoms with Gasteiger partial charge in [-0.25, -0.2) is 17.5 Å². The lowest BCUT2D eigenvalue weighted by molar-refractivity contribution is 0.111. The lowest BCUT2D eigenvalue weighted by Crippen LogP contribution is -2.45. The van der Waals surface area contributed by atoms with Gasteiger partial charge < -0.3 is 15.4 Å². The predicted octanol–water partition coefficient (Wildman–Crippen LogP) is 0.669. The quantitative estimate of drug-likeness (QED) is 0.741. The molecule has 8 heteroatoms. The summed E-state index contributed by atoms with van der Waals surface area (Å²) in [4.78, 5) is 11.8. The summed E-state index contributed by atoms with van der Waals surface area (Å²) >= 11 is 0. The Kier molecular flexibility index (Phi) is 5.43. The Bertz CT molecular complexity index is 507. The van der Waals surface area contributed by atoms with E-state index in [1.807, 2.05) is 0 Å². The fraction of sp³-hybridized carbons (Fsp3) is 0.933. The number of amides is 2. The third kappa shape index (κ3) is 4.58. The summed E-state index contributed by atoms with van der Waals surface area (Å²) in [6, 6.07) is -0.159. The van der Waals surface area contributed by atoms with Gasteiger partial charge in [-0.05, 0) is 44.4 Å². The van der Waals surface area contributed by atoms with Crippen molar-refractivity contribution >= 4 is 16.1 Å². The molecule has 132 valence electrons. The number of piperidine rings is 1. The van der Waals surface area contributed by atoms with E-state index in [4.69, 9.17) is 4.74 Å². The first-order valence-electron chi connectivity index (χ1n) is 8.68. The van der Waals surface area contributed by atoms with Gasteiger partial charge in [0.05, 0.1) is 11.4 Å². The number of rotatable bonds is 6. The molecule has 3 fully saturated rings. The second-order valence-electron chi connectivity index (χ2n) is 6.81. The number of carbonyl (C=O) groups excluding carboxylic acids is 1. The molecule has 0 radical (unpaired) electrons. The summed E-state index contributed by atoms with van der Waals surface area (Å²) in [5.74, 6) is 0.356. The van der Waals surface area contributed by atoms with Crippen LogP contribution in [0.15, 0.2) is 0 Å². The zero-order valence-corrected chi connectivity index (χ0v) is 14.3. The first-order valence-corrected chi connectivity index (χ1v) is 10.2. The van der Waals surface area contributed by atoms with Crippen molar-refractivity contribution in [2.24, 2.45) is 5.92 Å². The number of ether oxygens (including phenoxy) is 1. The fourth-order valence-corrected chi connectivity index (χ4v) is 5.13. The van der Waals surface area contributed by atoms with E-state index in [-0.39, 0.29) is 17.4 Å². The summed E-state index contributed by atoms with van der Waals surface area (Å²) in [5, 5.41) is 5.61. The summed E-state index contributed by atoms with van der Waals surface area (Å²) in [7, 11) is -3.04. The molecule has 7 nitrogen and oxygen atoms in total. The molecule has 3 aliphatic rings. The molecule has 0 bridgehead atoms. The highest BCUT2D eigenvalue weighted by Gasteiger charge is 2.41. The van der Waals surface area contributed by atoms with Gasteiger partial charge in [-0.1, -0.05) is 0 Å². The van der Waals surface area contributed by atoms with Crippen molar-refractivity contribution in [1.29, 1.82) is 0 Å². The maximum absolute atomic E-state index is 12.2. The minimum atomic E-state index is -3.04. The lowest BCUT2D eigenvalue weighted by Gasteiger charge is -2.31. The van der Waals surface area contributed by atoms with Gasteiger partial charge >= 0.3 is 6.03 Å². The second kappa shape index (κ2) is 7.36. The van der Waals surface area contributed by atoms with E-state index >= 15 is 0 Å². The molecule has 0 spiro atoms. The van der Waals surface area contributed by atoms with Gasteiger partial charge in [0.1, 0.15) is 0 Å². The third-order valence-electron chi connectivity index (χ3n) is 4.94. The van der Waals surface area contributed by atoms with Crippen LogP contribution in [0.25, 0.3) is 0 Å². The van der Waals surface area contributed by atoms with Crippen molar-refractivity contribution in [2.45, 2.75) is 49.9 Å². The maximum Gasteiger partial charge on any atom is 0.314 e. The van der Waals surface area contributed by atoms with Crippen LogP contribution in [0.3, 0.4) is 0 Å². The summed E-state index contributed by atoms with van der Waals surface area (Å²) in [6.45, 7) is 3.13. The zero-order valence-electron chi connectivity index (χ0n) is 13.5. The van der Waals surface area contributed by atoms with Gasteiger partial charge in [-0.2, -0.15) is 0 Å². The van der Waals surface area contributed by atoms with Crippen LogP contribution in [0.4, 0.5) is 4.79 Å². The third-order valence-corrected chi connectivity index (χ3v) is 7.34. The standard InChI is InChI=1S/C15H27N3O4S/c19-15(17-11-13-2-1-9-22-13)16-10-12-5-7-18(8-6-12)23(20,21)14-3-4-14/h12-14H,1-11H2,(H2,16,17,19)/t13-/m1/s1. The van der Waals surface area contributed by atoms with Gasteiger partial charge in [0.25, 0.3) is 0 Å².